The summed E-state index contributed by atoms with van der Waals surface area (Å²) in [4.78, 5) is 26.5. The zero-order valence-electron chi connectivity index (χ0n) is 20.1. The SMILES string of the molecule is COc1c(N2C[C@H](OC)[C@H](NCc3ccccc3)C2)c(F)cc2c(=O)c(C(=O)O)cn(C3CC3)c12.Cl. The maximum absolute atomic E-state index is 15.6. The number of nitrogens with zero attached hydrogens (tertiary/aromatic N) is 2. The van der Waals surface area contributed by atoms with Crippen molar-refractivity contribution in [2.24, 2.45) is 0 Å². The molecule has 1 aliphatic heterocycles. The molecule has 8 nitrogen and oxygen atoms in total. The van der Waals surface area contributed by atoms with Gasteiger partial charge in [-0.05, 0) is 24.5 Å². The number of carbonyl (C=O) groups is 1. The van der Waals surface area contributed by atoms with Gasteiger partial charge < -0.3 is 29.4 Å². The van der Waals surface area contributed by atoms with E-state index in [4.69, 9.17) is 9.47 Å². The quantitative estimate of drug-likeness (QED) is 0.471. The molecule has 0 bridgehead atoms. The van der Waals surface area contributed by atoms with Crippen LogP contribution >= 0.6 is 12.4 Å². The van der Waals surface area contributed by atoms with Crippen LogP contribution in [-0.2, 0) is 11.3 Å². The van der Waals surface area contributed by atoms with Crippen LogP contribution < -0.4 is 20.4 Å². The summed E-state index contributed by atoms with van der Waals surface area (Å²) < 4.78 is 28.8. The maximum Gasteiger partial charge on any atom is 0.341 e. The van der Waals surface area contributed by atoms with Crippen molar-refractivity contribution >= 4 is 35.0 Å². The van der Waals surface area contributed by atoms with Gasteiger partial charge in [0, 0.05) is 39.0 Å². The molecule has 0 spiro atoms. The number of anilines is 1. The second-order valence-corrected chi connectivity index (χ2v) is 9.10. The number of carboxylic acids is 1. The molecular weight excluding hydrogens is 489 g/mol. The Morgan fingerprint density at radius 1 is 1.19 bits per heavy atom. The van der Waals surface area contributed by atoms with E-state index in [0.717, 1.165) is 24.5 Å². The minimum Gasteiger partial charge on any atom is -0.492 e. The molecule has 2 heterocycles. The van der Waals surface area contributed by atoms with Gasteiger partial charge >= 0.3 is 5.97 Å². The number of carboxylic acid groups (broad SMARTS) is 1. The standard InChI is InChI=1S/C26H28FN3O5.ClH/c1-34-21-14-29(13-20(21)28-11-15-6-4-3-5-7-15)23-19(27)10-17-22(25(23)35-2)30(16-8-9-16)12-18(24(17)31)26(32)33;/h3-7,10,12,16,20-21,28H,8-9,11,13-14H2,1-2H3,(H,32,33);1H/t20-,21+;/m1./s1. The third kappa shape index (κ3) is 4.66. The molecule has 3 aromatic rings. The van der Waals surface area contributed by atoms with Crippen LogP contribution in [0.2, 0.25) is 0 Å². The highest BCUT2D eigenvalue weighted by atomic mass is 35.5. The van der Waals surface area contributed by atoms with Crippen LogP contribution in [0.15, 0.2) is 47.4 Å². The molecule has 10 heteroatoms. The summed E-state index contributed by atoms with van der Waals surface area (Å²) in [5, 5.41) is 13.0. The predicted molar refractivity (Wildman–Crippen MR) is 137 cm³/mol. The van der Waals surface area contributed by atoms with Gasteiger partial charge in [-0.2, -0.15) is 0 Å². The van der Waals surface area contributed by atoms with Gasteiger partial charge in [0.25, 0.3) is 0 Å². The summed E-state index contributed by atoms with van der Waals surface area (Å²) >= 11 is 0. The maximum atomic E-state index is 15.6. The highest BCUT2D eigenvalue weighted by Crippen LogP contribution is 2.44. The van der Waals surface area contributed by atoms with E-state index in [2.05, 4.69) is 5.32 Å². The van der Waals surface area contributed by atoms with Crippen LogP contribution in [0.4, 0.5) is 10.1 Å². The third-order valence-corrected chi connectivity index (χ3v) is 6.87. The van der Waals surface area contributed by atoms with Gasteiger partial charge in [-0.1, -0.05) is 30.3 Å². The summed E-state index contributed by atoms with van der Waals surface area (Å²) in [6.07, 6.45) is 2.89. The van der Waals surface area contributed by atoms with Crippen LogP contribution in [0.25, 0.3) is 10.9 Å². The van der Waals surface area contributed by atoms with Crippen molar-refractivity contribution in [3.8, 4) is 5.75 Å². The Hall–Kier alpha value is -3.14. The molecule has 5 rings (SSSR count). The summed E-state index contributed by atoms with van der Waals surface area (Å²) in [5.41, 5.74) is 0.730. The molecule has 1 saturated heterocycles. The first-order valence-corrected chi connectivity index (χ1v) is 11.7. The topological polar surface area (TPSA) is 93.0 Å². The van der Waals surface area contributed by atoms with Crippen molar-refractivity contribution in [2.75, 3.05) is 32.2 Å². The molecule has 0 radical (unpaired) electrons. The molecule has 0 unspecified atom stereocenters. The lowest BCUT2D eigenvalue weighted by Crippen LogP contribution is -2.39. The van der Waals surface area contributed by atoms with Gasteiger partial charge in [-0.3, -0.25) is 4.79 Å². The lowest BCUT2D eigenvalue weighted by atomic mass is 10.1. The van der Waals surface area contributed by atoms with Crippen molar-refractivity contribution in [2.45, 2.75) is 37.6 Å². The van der Waals surface area contributed by atoms with Gasteiger partial charge in [0.1, 0.15) is 11.3 Å². The number of benzene rings is 2. The number of fused-ring (bicyclic) bond motifs is 1. The second-order valence-electron chi connectivity index (χ2n) is 9.10. The van der Waals surface area contributed by atoms with Crippen molar-refractivity contribution in [1.29, 1.82) is 0 Å². The predicted octanol–water partition coefficient (Wildman–Crippen LogP) is 3.60. The van der Waals surface area contributed by atoms with Crippen molar-refractivity contribution < 1.29 is 23.8 Å². The average molecular weight is 518 g/mol. The number of aromatic carboxylic acids is 1. The Balaban J connectivity index is 0.00000304. The Labute approximate surface area is 214 Å². The Bertz CT molecular complexity index is 1330. The van der Waals surface area contributed by atoms with Gasteiger partial charge in [-0.25, -0.2) is 9.18 Å². The van der Waals surface area contributed by atoms with Gasteiger partial charge in [0.05, 0.1) is 30.2 Å². The molecule has 2 aromatic carbocycles. The number of aromatic nitrogens is 1. The van der Waals surface area contributed by atoms with Gasteiger partial charge in [0.15, 0.2) is 11.6 Å². The minimum atomic E-state index is -1.33. The third-order valence-electron chi connectivity index (χ3n) is 6.87. The Kier molecular flexibility index (Phi) is 7.54. The normalized spacial score (nSPS) is 19.4. The van der Waals surface area contributed by atoms with Crippen molar-refractivity contribution in [1.82, 2.24) is 9.88 Å². The first kappa shape index (κ1) is 25.9. The van der Waals surface area contributed by atoms with E-state index in [9.17, 15) is 14.7 Å². The fraction of sp³-hybridized carbons (Fsp3) is 0.385. The first-order valence-electron chi connectivity index (χ1n) is 11.7. The average Bonchev–Trinajstić information content (AvgIpc) is 3.62. The lowest BCUT2D eigenvalue weighted by Gasteiger charge is -2.24. The van der Waals surface area contributed by atoms with E-state index in [-0.39, 0.29) is 53.0 Å². The molecule has 36 heavy (non-hydrogen) atoms. The smallest absolute Gasteiger partial charge is 0.341 e. The van der Waals surface area contributed by atoms with E-state index < -0.39 is 17.2 Å². The zero-order chi connectivity index (χ0) is 24.7. The highest BCUT2D eigenvalue weighted by molar-refractivity contribution is 5.97. The summed E-state index contributed by atoms with van der Waals surface area (Å²) in [7, 11) is 3.08. The molecular formula is C26H29ClFN3O5. The number of nitrogens with one attached hydrogen (secondary N) is 1. The second kappa shape index (κ2) is 10.5. The lowest BCUT2D eigenvalue weighted by molar-refractivity contribution is 0.0694. The van der Waals surface area contributed by atoms with Crippen LogP contribution in [0, 0.1) is 5.82 Å². The number of hydrogen-bond donors (Lipinski definition) is 2. The van der Waals surface area contributed by atoms with E-state index in [1.54, 1.807) is 11.7 Å². The van der Waals surface area contributed by atoms with Crippen LogP contribution in [-0.4, -0.2) is 55.1 Å². The Morgan fingerprint density at radius 2 is 1.92 bits per heavy atom. The molecule has 2 aliphatic rings. The first-order chi connectivity index (χ1) is 16.9. The molecule has 1 aromatic heterocycles. The van der Waals surface area contributed by atoms with Gasteiger partial charge in [0.2, 0.25) is 5.43 Å². The van der Waals surface area contributed by atoms with Gasteiger partial charge in [-0.15, -0.1) is 12.4 Å². The summed E-state index contributed by atoms with van der Waals surface area (Å²) in [6, 6.07) is 11.1. The van der Waals surface area contributed by atoms with E-state index in [0.29, 0.717) is 25.2 Å². The van der Waals surface area contributed by atoms with Crippen LogP contribution in [0.3, 0.4) is 0 Å². The molecule has 192 valence electrons. The monoisotopic (exact) mass is 517 g/mol. The van der Waals surface area contributed by atoms with Crippen LogP contribution in [0.1, 0.15) is 34.8 Å². The molecule has 1 aliphatic carbocycles. The number of hydrogen-bond acceptors (Lipinski definition) is 6. The number of methoxy groups -OCH3 is 2. The summed E-state index contributed by atoms with van der Waals surface area (Å²) in [6.45, 7) is 1.56. The number of ether oxygens (including phenoxy) is 2. The molecule has 0 amide bonds. The van der Waals surface area contributed by atoms with Crippen molar-refractivity contribution in [3.63, 3.8) is 0 Å². The van der Waals surface area contributed by atoms with E-state index in [1.807, 2.05) is 35.2 Å². The molecule has 1 saturated carbocycles. The molecule has 2 N–H and O–H groups in total. The largest absolute Gasteiger partial charge is 0.492 e. The molecule has 2 atom stereocenters. The fourth-order valence-corrected chi connectivity index (χ4v) is 4.96. The number of halogens is 2. The van der Waals surface area contributed by atoms with E-state index >= 15 is 4.39 Å². The van der Waals surface area contributed by atoms with Crippen molar-refractivity contribution in [3.05, 3.63) is 69.8 Å². The summed E-state index contributed by atoms with van der Waals surface area (Å²) in [5.74, 6) is -1.72. The number of pyridine rings is 1. The zero-order valence-corrected chi connectivity index (χ0v) is 20.9. The Morgan fingerprint density at radius 3 is 2.53 bits per heavy atom. The highest BCUT2D eigenvalue weighted by Gasteiger charge is 2.37. The fourth-order valence-electron chi connectivity index (χ4n) is 4.96. The minimum absolute atomic E-state index is 0. The number of rotatable bonds is 8. The van der Waals surface area contributed by atoms with Crippen LogP contribution in [0.5, 0.6) is 5.75 Å². The molecule has 2 fully saturated rings. The van der Waals surface area contributed by atoms with E-state index in [1.165, 1.54) is 13.3 Å².